The summed E-state index contributed by atoms with van der Waals surface area (Å²) in [6.45, 7) is 8.67. The Balaban J connectivity index is 1.74. The molecule has 0 spiro atoms. The van der Waals surface area contributed by atoms with Gasteiger partial charge in [0.1, 0.15) is 5.60 Å². The topological polar surface area (TPSA) is 54.7 Å². The maximum absolute atomic E-state index is 13.0. The summed E-state index contributed by atoms with van der Waals surface area (Å²) in [5.74, 6) is -0.856. The van der Waals surface area contributed by atoms with Crippen molar-refractivity contribution >= 4 is 16.9 Å². The molecular weight excluding hydrogens is 412 g/mol. The van der Waals surface area contributed by atoms with Crippen molar-refractivity contribution in [2.24, 2.45) is 5.92 Å². The van der Waals surface area contributed by atoms with Crippen molar-refractivity contribution < 1.29 is 14.6 Å². The number of carbonyl (C=O) groups is 1. The Kier molecular flexibility index (Phi) is 5.58. The predicted octanol–water partition coefficient (Wildman–Crippen LogP) is 4.49. The van der Waals surface area contributed by atoms with Crippen LogP contribution in [-0.2, 0) is 28.0 Å². The molecule has 2 aromatic carbocycles. The lowest BCUT2D eigenvalue weighted by molar-refractivity contribution is -0.169. The van der Waals surface area contributed by atoms with Crippen LogP contribution in [0, 0.1) is 5.92 Å². The van der Waals surface area contributed by atoms with Gasteiger partial charge in [-0.1, -0.05) is 55.5 Å². The van der Waals surface area contributed by atoms with Crippen molar-refractivity contribution in [2.75, 3.05) is 19.7 Å². The van der Waals surface area contributed by atoms with Crippen LogP contribution in [0.1, 0.15) is 50.4 Å². The molecule has 0 aliphatic carbocycles. The number of aliphatic hydroxyl groups is 1. The Bertz CT molecular complexity index is 1170. The lowest BCUT2D eigenvalue weighted by Gasteiger charge is -2.50. The van der Waals surface area contributed by atoms with E-state index < -0.39 is 17.1 Å². The van der Waals surface area contributed by atoms with Gasteiger partial charge in [-0.3, -0.25) is 9.69 Å². The van der Waals surface area contributed by atoms with Gasteiger partial charge < -0.3 is 14.4 Å². The standard InChI is InChI=1S/C28H34N2O3/c1-4-23(26(31)33-5-2)28(32)16-18-29-17-15-22-21-13-9-10-14-24(21)30(25(22)27(28,29)3)19-20-11-7-6-8-12-20/h6-14,23,32H,4-5,15-19H2,1-3H3/t23-,27-,28-/m1/s1. The Morgan fingerprint density at radius 3 is 2.55 bits per heavy atom. The molecule has 0 unspecified atom stereocenters. The van der Waals surface area contributed by atoms with Crippen LogP contribution in [0.2, 0.25) is 0 Å². The minimum Gasteiger partial charge on any atom is -0.466 e. The highest BCUT2D eigenvalue weighted by atomic mass is 16.5. The van der Waals surface area contributed by atoms with Gasteiger partial charge in [0, 0.05) is 36.2 Å². The van der Waals surface area contributed by atoms with Gasteiger partial charge in [0.2, 0.25) is 0 Å². The molecule has 2 aliphatic rings. The summed E-state index contributed by atoms with van der Waals surface area (Å²) in [5.41, 5.74) is 2.99. The van der Waals surface area contributed by atoms with E-state index in [2.05, 4.69) is 64.9 Å². The first-order chi connectivity index (χ1) is 16.0. The maximum atomic E-state index is 13.0. The van der Waals surface area contributed by atoms with E-state index >= 15 is 0 Å². The fraction of sp³-hybridized carbons (Fsp3) is 0.464. The van der Waals surface area contributed by atoms with Gasteiger partial charge in [-0.25, -0.2) is 0 Å². The highest BCUT2D eigenvalue weighted by Crippen LogP contribution is 2.55. The van der Waals surface area contributed by atoms with Gasteiger partial charge in [0.25, 0.3) is 0 Å². The molecular formula is C28H34N2O3. The molecule has 174 valence electrons. The third-order valence-electron chi connectivity index (χ3n) is 8.15. The number of ether oxygens (including phenoxy) is 1. The Labute approximate surface area is 196 Å². The van der Waals surface area contributed by atoms with E-state index in [0.29, 0.717) is 19.4 Å². The van der Waals surface area contributed by atoms with E-state index in [1.54, 1.807) is 0 Å². The quantitative estimate of drug-likeness (QED) is 0.567. The van der Waals surface area contributed by atoms with Gasteiger partial charge in [0.05, 0.1) is 18.1 Å². The van der Waals surface area contributed by atoms with E-state index in [-0.39, 0.29) is 5.97 Å². The molecule has 3 aromatic rings. The van der Waals surface area contributed by atoms with Gasteiger partial charge >= 0.3 is 5.97 Å². The van der Waals surface area contributed by atoms with Crippen LogP contribution in [0.4, 0.5) is 0 Å². The highest BCUT2D eigenvalue weighted by molar-refractivity contribution is 5.87. The summed E-state index contributed by atoms with van der Waals surface area (Å²) >= 11 is 0. The smallest absolute Gasteiger partial charge is 0.311 e. The maximum Gasteiger partial charge on any atom is 0.311 e. The molecule has 0 bridgehead atoms. The van der Waals surface area contributed by atoms with Crippen molar-refractivity contribution in [1.29, 1.82) is 0 Å². The molecule has 5 rings (SSSR count). The third-order valence-corrected chi connectivity index (χ3v) is 8.15. The number of para-hydroxylation sites is 1. The second-order valence-electron chi connectivity index (χ2n) is 9.61. The number of aromatic nitrogens is 1. The molecule has 5 nitrogen and oxygen atoms in total. The number of fused-ring (bicyclic) bond motifs is 5. The summed E-state index contributed by atoms with van der Waals surface area (Å²) < 4.78 is 7.84. The number of carbonyl (C=O) groups excluding carboxylic acids is 1. The summed E-state index contributed by atoms with van der Waals surface area (Å²) in [5, 5.41) is 13.7. The summed E-state index contributed by atoms with van der Waals surface area (Å²) in [7, 11) is 0. The molecule has 0 saturated carbocycles. The number of benzene rings is 2. The summed E-state index contributed by atoms with van der Waals surface area (Å²) in [6, 6.07) is 19.0. The fourth-order valence-electron chi connectivity index (χ4n) is 6.55. The third kappa shape index (κ3) is 3.17. The zero-order valence-corrected chi connectivity index (χ0v) is 19.9. The predicted molar refractivity (Wildman–Crippen MR) is 130 cm³/mol. The number of nitrogens with zero attached hydrogens (tertiary/aromatic N) is 2. The van der Waals surface area contributed by atoms with Crippen molar-refractivity contribution in [3.05, 3.63) is 71.4 Å². The van der Waals surface area contributed by atoms with Crippen LogP contribution < -0.4 is 0 Å². The molecule has 3 atom stereocenters. The average molecular weight is 447 g/mol. The van der Waals surface area contributed by atoms with E-state index in [0.717, 1.165) is 31.7 Å². The van der Waals surface area contributed by atoms with E-state index in [4.69, 9.17) is 4.74 Å². The zero-order chi connectivity index (χ0) is 23.2. The largest absolute Gasteiger partial charge is 0.466 e. The Hall–Kier alpha value is -2.63. The number of esters is 1. The Morgan fingerprint density at radius 2 is 1.82 bits per heavy atom. The van der Waals surface area contributed by atoms with Gasteiger partial charge in [-0.2, -0.15) is 0 Å². The van der Waals surface area contributed by atoms with Gasteiger partial charge in [0.15, 0.2) is 0 Å². The highest BCUT2D eigenvalue weighted by Gasteiger charge is 2.64. The molecule has 3 heterocycles. The minimum absolute atomic E-state index is 0.289. The molecule has 0 radical (unpaired) electrons. The minimum atomic E-state index is -1.20. The normalized spacial score (nSPS) is 25.6. The van der Waals surface area contributed by atoms with Crippen LogP contribution >= 0.6 is 0 Å². The van der Waals surface area contributed by atoms with E-state index in [9.17, 15) is 9.90 Å². The average Bonchev–Trinajstić information content (AvgIpc) is 3.28. The molecule has 33 heavy (non-hydrogen) atoms. The molecule has 0 amide bonds. The van der Waals surface area contributed by atoms with Crippen molar-refractivity contribution in [1.82, 2.24) is 9.47 Å². The summed E-state index contributed by atoms with van der Waals surface area (Å²) in [6.07, 6.45) is 2.06. The van der Waals surface area contributed by atoms with Crippen LogP contribution in [0.25, 0.3) is 10.9 Å². The molecule has 2 aliphatic heterocycles. The van der Waals surface area contributed by atoms with Gasteiger partial charge in [-0.05, 0) is 50.3 Å². The first-order valence-electron chi connectivity index (χ1n) is 12.2. The zero-order valence-electron chi connectivity index (χ0n) is 19.9. The second-order valence-corrected chi connectivity index (χ2v) is 9.61. The number of hydrogen-bond donors (Lipinski definition) is 1. The van der Waals surface area contributed by atoms with E-state index in [1.807, 2.05) is 19.9 Å². The Morgan fingerprint density at radius 1 is 1.09 bits per heavy atom. The van der Waals surface area contributed by atoms with Gasteiger partial charge in [-0.15, -0.1) is 0 Å². The SMILES string of the molecule is CCOC(=O)[C@@H](CC)[C@]1(O)CCN2CCc3c(n(Cc4ccccc4)c4ccccc34)[C@@]21C. The molecule has 5 heteroatoms. The van der Waals surface area contributed by atoms with Crippen molar-refractivity contribution in [3.63, 3.8) is 0 Å². The van der Waals surface area contributed by atoms with Crippen molar-refractivity contribution in [3.8, 4) is 0 Å². The molecule has 1 aromatic heterocycles. The molecule has 1 saturated heterocycles. The number of rotatable bonds is 6. The first-order valence-corrected chi connectivity index (χ1v) is 12.2. The number of hydrogen-bond acceptors (Lipinski definition) is 4. The van der Waals surface area contributed by atoms with Crippen LogP contribution in [0.3, 0.4) is 0 Å². The fourth-order valence-corrected chi connectivity index (χ4v) is 6.55. The molecule has 1 fully saturated rings. The summed E-state index contributed by atoms with van der Waals surface area (Å²) in [4.78, 5) is 15.4. The molecule has 1 N–H and O–H groups in total. The second kappa shape index (κ2) is 8.30. The van der Waals surface area contributed by atoms with E-state index in [1.165, 1.54) is 22.0 Å². The first kappa shape index (κ1) is 22.2. The van der Waals surface area contributed by atoms with Crippen LogP contribution in [-0.4, -0.2) is 45.8 Å². The monoisotopic (exact) mass is 446 g/mol. The lowest BCUT2D eigenvalue weighted by atomic mass is 9.68. The van der Waals surface area contributed by atoms with Crippen molar-refractivity contribution in [2.45, 2.75) is 57.7 Å². The lowest BCUT2D eigenvalue weighted by Crippen LogP contribution is -2.61. The van der Waals surface area contributed by atoms with Crippen LogP contribution in [0.15, 0.2) is 54.6 Å². The van der Waals surface area contributed by atoms with Crippen LogP contribution in [0.5, 0.6) is 0 Å².